The van der Waals surface area contributed by atoms with E-state index < -0.39 is 18.9 Å². The van der Waals surface area contributed by atoms with Crippen LogP contribution < -0.4 is 10.6 Å². The van der Waals surface area contributed by atoms with Crippen LogP contribution in [0.4, 0.5) is 29.3 Å². The predicted octanol–water partition coefficient (Wildman–Crippen LogP) is 2.84. The minimum Gasteiger partial charge on any atom is -0.371 e. The monoisotopic (exact) mass is 480 g/mol. The number of hydrogen-bond acceptors (Lipinski definition) is 8. The molecule has 0 amide bonds. The fourth-order valence-electron chi connectivity index (χ4n) is 3.68. The predicted molar refractivity (Wildman–Crippen MR) is 119 cm³/mol. The quantitative estimate of drug-likeness (QED) is 0.421. The van der Waals surface area contributed by atoms with E-state index in [2.05, 4.69) is 36.0 Å². The van der Waals surface area contributed by atoms with Crippen molar-refractivity contribution in [3.05, 3.63) is 24.4 Å². The lowest BCUT2D eigenvalue weighted by molar-refractivity contribution is 0.0146. The summed E-state index contributed by atoms with van der Waals surface area (Å²) in [5.74, 6) is -1.33. The summed E-state index contributed by atoms with van der Waals surface area (Å²) in [5, 5.41) is 17.9. The van der Waals surface area contributed by atoms with Crippen LogP contribution in [-0.2, 0) is 6.54 Å². The molecule has 34 heavy (non-hydrogen) atoms. The minimum absolute atomic E-state index is 0.0312. The van der Waals surface area contributed by atoms with Gasteiger partial charge in [0.15, 0.2) is 11.5 Å². The van der Waals surface area contributed by atoms with Crippen molar-refractivity contribution in [2.75, 3.05) is 44.9 Å². The smallest absolute Gasteiger partial charge is 0.261 e. The number of likely N-dealkylation sites (tertiary alicyclic amines) is 1. The third kappa shape index (κ3) is 4.85. The van der Waals surface area contributed by atoms with E-state index in [0.29, 0.717) is 35.2 Å². The normalized spacial score (nSPS) is 15.6. The van der Waals surface area contributed by atoms with Gasteiger partial charge in [-0.3, -0.25) is 0 Å². The van der Waals surface area contributed by atoms with Gasteiger partial charge in [-0.2, -0.15) is 4.98 Å². The number of aromatic nitrogens is 7. The number of nitrogens with zero attached hydrogens (tertiary/aromatic N) is 8. The summed E-state index contributed by atoms with van der Waals surface area (Å²) in [6, 6.07) is 5.32. The van der Waals surface area contributed by atoms with Crippen LogP contribution in [0.25, 0.3) is 27.9 Å². The van der Waals surface area contributed by atoms with Crippen LogP contribution >= 0.6 is 0 Å². The Morgan fingerprint density at radius 3 is 2.50 bits per heavy atom. The van der Waals surface area contributed by atoms with Crippen LogP contribution in [0.2, 0.25) is 0 Å². The molecule has 2 N–H and O–H groups in total. The zero-order valence-electron chi connectivity index (χ0n) is 18.8. The largest absolute Gasteiger partial charge is 0.371 e. The van der Waals surface area contributed by atoms with E-state index in [4.69, 9.17) is 0 Å². The molecule has 0 radical (unpaired) electrons. The summed E-state index contributed by atoms with van der Waals surface area (Å²) in [6.07, 6.45) is -0.720. The van der Waals surface area contributed by atoms with Crippen LogP contribution in [0.3, 0.4) is 0 Å². The number of anilines is 2. The maximum atomic E-state index is 12.7. The molecule has 0 aromatic carbocycles. The first kappa shape index (κ1) is 23.6. The SMILES string of the molecule is CN1CCC(F)(F)C1.CNc1nc(NC)c2c(-c3ccc4nnn(CC(F)F)c4n3)ccn2n1. The lowest BCUT2D eigenvalue weighted by Gasteiger charge is -2.08. The molecule has 0 aliphatic carbocycles. The van der Waals surface area contributed by atoms with Crippen molar-refractivity contribution < 1.29 is 17.6 Å². The fraction of sp³-hybridized carbons (Fsp3) is 0.450. The molecule has 0 bridgehead atoms. The second-order valence-corrected chi connectivity index (χ2v) is 7.85. The standard InChI is InChI=1S/C15H15F2N9.C5H9F2N/c1-18-13-12-8(5-6-25(12)23-15(19-2)21-13)9-3-4-10-14(20-9)26(24-22-10)7-11(16)17;1-8-3-2-5(6,7)4-8/h3-6,11H,7H2,1-2H3,(H2,18,19,21,23);2-4H2,1H3. The molecule has 10 nitrogen and oxygen atoms in total. The van der Waals surface area contributed by atoms with Gasteiger partial charge in [0.2, 0.25) is 5.95 Å². The van der Waals surface area contributed by atoms with Crippen molar-refractivity contribution in [3.8, 4) is 11.3 Å². The number of nitrogens with one attached hydrogen (secondary N) is 2. The highest BCUT2D eigenvalue weighted by Gasteiger charge is 2.36. The van der Waals surface area contributed by atoms with E-state index in [9.17, 15) is 17.6 Å². The Hall–Kier alpha value is -3.55. The number of hydrogen-bond donors (Lipinski definition) is 2. The number of rotatable bonds is 5. The van der Waals surface area contributed by atoms with E-state index in [-0.39, 0.29) is 13.0 Å². The Balaban J connectivity index is 0.000000291. The van der Waals surface area contributed by atoms with Gasteiger partial charge in [0.05, 0.1) is 12.2 Å². The Morgan fingerprint density at radius 2 is 1.91 bits per heavy atom. The Bertz CT molecular complexity index is 1290. The second-order valence-electron chi connectivity index (χ2n) is 7.85. The van der Waals surface area contributed by atoms with Gasteiger partial charge in [0.1, 0.15) is 17.6 Å². The van der Waals surface area contributed by atoms with Gasteiger partial charge >= 0.3 is 0 Å². The molecule has 1 saturated heterocycles. The highest BCUT2D eigenvalue weighted by Crippen LogP contribution is 2.30. The van der Waals surface area contributed by atoms with Crippen molar-refractivity contribution in [1.29, 1.82) is 0 Å². The number of pyridine rings is 1. The van der Waals surface area contributed by atoms with Crippen LogP contribution in [0.15, 0.2) is 24.4 Å². The van der Waals surface area contributed by atoms with Gasteiger partial charge in [-0.05, 0) is 25.2 Å². The van der Waals surface area contributed by atoms with Crippen LogP contribution in [0.1, 0.15) is 6.42 Å². The maximum absolute atomic E-state index is 12.7. The summed E-state index contributed by atoms with van der Waals surface area (Å²) in [4.78, 5) is 10.5. The second kappa shape index (κ2) is 9.37. The molecular formula is C20H24F4N10. The van der Waals surface area contributed by atoms with Gasteiger partial charge < -0.3 is 15.5 Å². The topological polar surface area (TPSA) is 101 Å². The summed E-state index contributed by atoms with van der Waals surface area (Å²) in [6.45, 7) is -0.0835. The third-order valence-electron chi connectivity index (χ3n) is 5.28. The van der Waals surface area contributed by atoms with Gasteiger partial charge in [-0.25, -0.2) is 31.7 Å². The van der Waals surface area contributed by atoms with Gasteiger partial charge in [0.25, 0.3) is 12.3 Å². The van der Waals surface area contributed by atoms with E-state index in [1.807, 2.05) is 6.07 Å². The van der Waals surface area contributed by atoms with Crippen LogP contribution in [0.5, 0.6) is 0 Å². The van der Waals surface area contributed by atoms with E-state index in [0.717, 1.165) is 15.8 Å². The summed E-state index contributed by atoms with van der Waals surface area (Å²) in [7, 11) is 5.20. The minimum atomic E-state index is -2.54. The Morgan fingerprint density at radius 1 is 1.12 bits per heavy atom. The van der Waals surface area contributed by atoms with E-state index in [1.54, 1.807) is 48.9 Å². The van der Waals surface area contributed by atoms with Gasteiger partial charge in [-0.1, -0.05) is 5.21 Å². The molecule has 0 unspecified atom stereocenters. The van der Waals surface area contributed by atoms with Crippen molar-refractivity contribution >= 4 is 28.4 Å². The number of fused-ring (bicyclic) bond motifs is 2. The van der Waals surface area contributed by atoms with Crippen molar-refractivity contribution in [3.63, 3.8) is 0 Å². The van der Waals surface area contributed by atoms with Crippen molar-refractivity contribution in [2.45, 2.75) is 25.3 Å². The zero-order valence-corrected chi connectivity index (χ0v) is 18.8. The summed E-state index contributed by atoms with van der Waals surface area (Å²) < 4.78 is 52.6. The first-order valence-corrected chi connectivity index (χ1v) is 10.5. The van der Waals surface area contributed by atoms with Crippen molar-refractivity contribution in [1.82, 2.24) is 39.5 Å². The average molecular weight is 480 g/mol. The number of alkyl halides is 4. The van der Waals surface area contributed by atoms with Crippen LogP contribution in [0, 0.1) is 0 Å². The molecule has 182 valence electrons. The lowest BCUT2D eigenvalue weighted by Crippen LogP contribution is -2.21. The number of halogens is 4. The molecule has 1 fully saturated rings. The fourth-order valence-corrected chi connectivity index (χ4v) is 3.68. The van der Waals surface area contributed by atoms with E-state index >= 15 is 0 Å². The third-order valence-corrected chi connectivity index (χ3v) is 5.28. The summed E-state index contributed by atoms with van der Waals surface area (Å²) >= 11 is 0. The Labute approximate surface area is 192 Å². The molecule has 14 heteroatoms. The van der Waals surface area contributed by atoms with Gasteiger partial charge in [0, 0.05) is 38.8 Å². The first-order valence-electron chi connectivity index (χ1n) is 10.5. The highest BCUT2D eigenvalue weighted by atomic mass is 19.3. The molecule has 0 saturated carbocycles. The van der Waals surface area contributed by atoms with Crippen LogP contribution in [-0.4, -0.2) is 86.1 Å². The summed E-state index contributed by atoms with van der Waals surface area (Å²) in [5.41, 5.74) is 2.85. The molecule has 1 aliphatic rings. The van der Waals surface area contributed by atoms with E-state index in [1.165, 1.54) is 0 Å². The molecule has 5 heterocycles. The maximum Gasteiger partial charge on any atom is 0.261 e. The molecular weight excluding hydrogens is 456 g/mol. The lowest BCUT2D eigenvalue weighted by atomic mass is 10.2. The first-order chi connectivity index (χ1) is 16.2. The molecule has 0 spiro atoms. The zero-order chi connectivity index (χ0) is 24.5. The van der Waals surface area contributed by atoms with Gasteiger partial charge in [-0.15, -0.1) is 10.2 Å². The molecule has 0 atom stereocenters. The molecule has 5 rings (SSSR count). The average Bonchev–Trinajstić information content (AvgIpc) is 3.49. The molecule has 1 aliphatic heterocycles. The molecule has 4 aromatic heterocycles. The molecule has 4 aromatic rings. The highest BCUT2D eigenvalue weighted by molar-refractivity contribution is 5.89. The Kier molecular flexibility index (Phi) is 6.50. The van der Waals surface area contributed by atoms with Crippen molar-refractivity contribution in [2.24, 2.45) is 0 Å².